The molecule has 0 spiro atoms. The van der Waals surface area contributed by atoms with Crippen molar-refractivity contribution in [3.8, 4) is 5.75 Å². The summed E-state index contributed by atoms with van der Waals surface area (Å²) in [6.45, 7) is 4.68. The van der Waals surface area contributed by atoms with Crippen molar-refractivity contribution < 1.29 is 23.4 Å². The van der Waals surface area contributed by atoms with Crippen molar-refractivity contribution in [3.63, 3.8) is 0 Å². The Bertz CT molecular complexity index is 451. The Kier molecular flexibility index (Phi) is 5.95. The molecule has 0 amide bonds. The van der Waals surface area contributed by atoms with Gasteiger partial charge in [0.1, 0.15) is 24.3 Å². The lowest BCUT2D eigenvalue weighted by Gasteiger charge is -2.31. The van der Waals surface area contributed by atoms with Gasteiger partial charge in [-0.05, 0) is 31.2 Å². The van der Waals surface area contributed by atoms with Gasteiger partial charge in [0.2, 0.25) is 0 Å². The van der Waals surface area contributed by atoms with E-state index in [0.29, 0.717) is 38.7 Å². The second kappa shape index (κ2) is 7.95. The normalized spacial score (nSPS) is 19.2. The number of esters is 1. The molecule has 1 fully saturated rings. The number of ether oxygens (including phenoxy) is 3. The first-order valence-electron chi connectivity index (χ1n) is 7.05. The third-order valence-electron chi connectivity index (χ3n) is 3.13. The molecule has 1 aliphatic heterocycles. The van der Waals surface area contributed by atoms with Crippen LogP contribution in [-0.4, -0.2) is 56.4 Å². The van der Waals surface area contributed by atoms with Crippen LogP contribution in [0.5, 0.6) is 5.75 Å². The smallest absolute Gasteiger partial charge is 0.320 e. The molecule has 1 unspecified atom stereocenters. The molecule has 0 N–H and O–H groups in total. The number of hydrogen-bond acceptors (Lipinski definition) is 5. The van der Waals surface area contributed by atoms with Gasteiger partial charge in [0.05, 0.1) is 19.8 Å². The van der Waals surface area contributed by atoms with Gasteiger partial charge in [-0.1, -0.05) is 0 Å². The molecule has 0 saturated carbocycles. The van der Waals surface area contributed by atoms with Crippen LogP contribution in [0.2, 0.25) is 0 Å². The van der Waals surface area contributed by atoms with Gasteiger partial charge in [0.25, 0.3) is 0 Å². The molecule has 0 aromatic heterocycles. The van der Waals surface area contributed by atoms with Gasteiger partial charge in [-0.15, -0.1) is 0 Å². The minimum atomic E-state index is -0.295. The van der Waals surface area contributed by atoms with Crippen LogP contribution in [0, 0.1) is 5.82 Å². The average molecular weight is 297 g/mol. The van der Waals surface area contributed by atoms with Gasteiger partial charge >= 0.3 is 5.97 Å². The Hall–Kier alpha value is -1.66. The van der Waals surface area contributed by atoms with E-state index >= 15 is 0 Å². The lowest BCUT2D eigenvalue weighted by atomic mass is 10.3. The third kappa shape index (κ3) is 5.32. The summed E-state index contributed by atoms with van der Waals surface area (Å²) in [6.07, 6.45) is -0.113. The first-order valence-corrected chi connectivity index (χ1v) is 7.05. The van der Waals surface area contributed by atoms with E-state index in [9.17, 15) is 9.18 Å². The van der Waals surface area contributed by atoms with Crippen LogP contribution >= 0.6 is 0 Å². The highest BCUT2D eigenvalue weighted by atomic mass is 19.1. The molecule has 0 bridgehead atoms. The monoisotopic (exact) mass is 297 g/mol. The van der Waals surface area contributed by atoms with E-state index in [2.05, 4.69) is 0 Å². The summed E-state index contributed by atoms with van der Waals surface area (Å²) in [5.74, 6) is 0.0806. The minimum absolute atomic E-state index is 0.113. The maximum Gasteiger partial charge on any atom is 0.320 e. The summed E-state index contributed by atoms with van der Waals surface area (Å²) in [4.78, 5) is 13.4. The molecule has 1 aromatic rings. The number of benzene rings is 1. The SMILES string of the molecule is CCOC(=O)CN1CCOC(COc2ccc(F)cc2)C1. The molecular weight excluding hydrogens is 277 g/mol. The van der Waals surface area contributed by atoms with Crippen molar-refractivity contribution in [1.29, 1.82) is 0 Å². The van der Waals surface area contributed by atoms with Crippen molar-refractivity contribution >= 4 is 5.97 Å². The van der Waals surface area contributed by atoms with Crippen LogP contribution in [0.4, 0.5) is 4.39 Å². The van der Waals surface area contributed by atoms with Crippen molar-refractivity contribution in [2.24, 2.45) is 0 Å². The van der Waals surface area contributed by atoms with Crippen molar-refractivity contribution in [2.75, 3.05) is 39.5 Å². The summed E-state index contributed by atoms with van der Waals surface area (Å²) in [7, 11) is 0. The summed E-state index contributed by atoms with van der Waals surface area (Å²) < 4.78 is 28.9. The van der Waals surface area contributed by atoms with Crippen LogP contribution < -0.4 is 4.74 Å². The molecule has 1 aliphatic rings. The largest absolute Gasteiger partial charge is 0.491 e. The van der Waals surface area contributed by atoms with E-state index < -0.39 is 0 Å². The number of rotatable bonds is 6. The van der Waals surface area contributed by atoms with Crippen LogP contribution in [0.1, 0.15) is 6.92 Å². The lowest BCUT2D eigenvalue weighted by Crippen LogP contribution is -2.47. The maximum atomic E-state index is 12.8. The molecule has 1 heterocycles. The first kappa shape index (κ1) is 15.7. The molecule has 5 nitrogen and oxygen atoms in total. The Morgan fingerprint density at radius 3 is 2.90 bits per heavy atom. The second-order valence-corrected chi connectivity index (χ2v) is 4.80. The number of carbonyl (C=O) groups excluding carboxylic acids is 1. The molecule has 0 aliphatic carbocycles. The lowest BCUT2D eigenvalue weighted by molar-refractivity contribution is -0.146. The number of nitrogens with zero attached hydrogens (tertiary/aromatic N) is 1. The minimum Gasteiger partial charge on any atom is -0.491 e. The van der Waals surface area contributed by atoms with Crippen LogP contribution in [0.3, 0.4) is 0 Å². The molecule has 6 heteroatoms. The number of carbonyl (C=O) groups is 1. The Morgan fingerprint density at radius 2 is 2.19 bits per heavy atom. The molecule has 21 heavy (non-hydrogen) atoms. The highest BCUT2D eigenvalue weighted by Gasteiger charge is 2.23. The van der Waals surface area contributed by atoms with Crippen LogP contribution in [0.25, 0.3) is 0 Å². The van der Waals surface area contributed by atoms with E-state index in [1.165, 1.54) is 12.1 Å². The average Bonchev–Trinajstić information content (AvgIpc) is 2.47. The zero-order valence-electron chi connectivity index (χ0n) is 12.1. The topological polar surface area (TPSA) is 48.0 Å². The van der Waals surface area contributed by atoms with Gasteiger partial charge in [0, 0.05) is 13.1 Å². The highest BCUT2D eigenvalue weighted by molar-refractivity contribution is 5.71. The number of hydrogen-bond donors (Lipinski definition) is 0. The second-order valence-electron chi connectivity index (χ2n) is 4.80. The molecule has 2 rings (SSSR count). The third-order valence-corrected chi connectivity index (χ3v) is 3.13. The molecular formula is C15H20FNO4. The fourth-order valence-electron chi connectivity index (χ4n) is 2.13. The number of halogens is 1. The standard InChI is InChI=1S/C15H20FNO4/c1-2-19-15(18)10-17-7-8-20-14(9-17)11-21-13-5-3-12(16)4-6-13/h3-6,14H,2,7-11H2,1H3. The summed E-state index contributed by atoms with van der Waals surface area (Å²) in [5.41, 5.74) is 0. The van der Waals surface area contributed by atoms with E-state index in [1.54, 1.807) is 19.1 Å². The Morgan fingerprint density at radius 1 is 1.43 bits per heavy atom. The van der Waals surface area contributed by atoms with E-state index in [-0.39, 0.29) is 24.4 Å². The maximum absolute atomic E-state index is 12.8. The molecule has 0 radical (unpaired) electrons. The zero-order chi connectivity index (χ0) is 15.1. The molecule has 1 aromatic carbocycles. The highest BCUT2D eigenvalue weighted by Crippen LogP contribution is 2.13. The zero-order valence-corrected chi connectivity index (χ0v) is 12.1. The van der Waals surface area contributed by atoms with Crippen LogP contribution in [-0.2, 0) is 14.3 Å². The van der Waals surface area contributed by atoms with Crippen molar-refractivity contribution in [3.05, 3.63) is 30.1 Å². The summed E-state index contributed by atoms with van der Waals surface area (Å²) >= 11 is 0. The van der Waals surface area contributed by atoms with Crippen molar-refractivity contribution in [1.82, 2.24) is 4.90 Å². The summed E-state index contributed by atoms with van der Waals surface area (Å²) in [5, 5.41) is 0. The molecule has 116 valence electrons. The fraction of sp³-hybridized carbons (Fsp3) is 0.533. The fourth-order valence-corrected chi connectivity index (χ4v) is 2.13. The van der Waals surface area contributed by atoms with Gasteiger partial charge in [0.15, 0.2) is 0 Å². The molecule has 1 saturated heterocycles. The predicted molar refractivity (Wildman–Crippen MR) is 74.7 cm³/mol. The summed E-state index contributed by atoms with van der Waals surface area (Å²) in [6, 6.07) is 5.86. The van der Waals surface area contributed by atoms with E-state index in [0.717, 1.165) is 0 Å². The van der Waals surface area contributed by atoms with Crippen molar-refractivity contribution in [2.45, 2.75) is 13.0 Å². The molecule has 1 atom stereocenters. The first-order chi connectivity index (χ1) is 10.2. The van der Waals surface area contributed by atoms with Gasteiger partial charge in [-0.25, -0.2) is 4.39 Å². The van der Waals surface area contributed by atoms with Gasteiger partial charge in [-0.2, -0.15) is 0 Å². The van der Waals surface area contributed by atoms with E-state index in [1.807, 2.05) is 4.90 Å². The Balaban J connectivity index is 1.76. The Labute approximate surface area is 123 Å². The van der Waals surface area contributed by atoms with Gasteiger partial charge < -0.3 is 14.2 Å². The van der Waals surface area contributed by atoms with E-state index in [4.69, 9.17) is 14.2 Å². The van der Waals surface area contributed by atoms with Crippen LogP contribution in [0.15, 0.2) is 24.3 Å². The number of morpholine rings is 1. The van der Waals surface area contributed by atoms with Gasteiger partial charge in [-0.3, -0.25) is 9.69 Å². The quantitative estimate of drug-likeness (QED) is 0.744. The predicted octanol–water partition coefficient (Wildman–Crippen LogP) is 1.47.